The maximum Gasteiger partial charge on any atom is 0.246 e. The summed E-state index contributed by atoms with van der Waals surface area (Å²) in [4.78, 5) is 23.0. The van der Waals surface area contributed by atoms with Gasteiger partial charge in [0.15, 0.2) is 0 Å². The standard InChI is InChI=1S/C14H19BrN2O4/c1-20-8-9-21-10-14(19)16-7-6-13(18)17-12-4-2-11(15)3-5-12/h2-5H,6-10H2,1H3,(H,16,19)(H,17,18). The Hall–Kier alpha value is -1.44. The zero-order chi connectivity index (χ0) is 15.5. The summed E-state index contributed by atoms with van der Waals surface area (Å²) in [5.41, 5.74) is 0.720. The number of hydrogen-bond acceptors (Lipinski definition) is 4. The molecule has 0 unspecified atom stereocenters. The molecule has 21 heavy (non-hydrogen) atoms. The van der Waals surface area contributed by atoms with Crippen molar-refractivity contribution in [2.75, 3.05) is 38.8 Å². The van der Waals surface area contributed by atoms with Gasteiger partial charge in [0.2, 0.25) is 11.8 Å². The zero-order valence-electron chi connectivity index (χ0n) is 11.9. The fourth-order valence-electron chi connectivity index (χ4n) is 1.43. The third-order valence-electron chi connectivity index (χ3n) is 2.47. The number of carbonyl (C=O) groups is 2. The van der Waals surface area contributed by atoms with Crippen molar-refractivity contribution >= 4 is 33.4 Å². The van der Waals surface area contributed by atoms with E-state index in [1.165, 1.54) is 0 Å². The summed E-state index contributed by atoms with van der Waals surface area (Å²) >= 11 is 3.32. The third kappa shape index (κ3) is 8.44. The van der Waals surface area contributed by atoms with Crippen molar-refractivity contribution in [2.45, 2.75) is 6.42 Å². The molecule has 0 spiro atoms. The Morgan fingerprint density at radius 2 is 1.86 bits per heavy atom. The van der Waals surface area contributed by atoms with Gasteiger partial charge >= 0.3 is 0 Å². The van der Waals surface area contributed by atoms with Crippen molar-refractivity contribution in [1.29, 1.82) is 0 Å². The predicted octanol–water partition coefficient (Wildman–Crippen LogP) is 1.56. The maximum absolute atomic E-state index is 11.7. The highest BCUT2D eigenvalue weighted by Gasteiger charge is 2.05. The predicted molar refractivity (Wildman–Crippen MR) is 83.1 cm³/mol. The minimum absolute atomic E-state index is 0.0301. The maximum atomic E-state index is 11.7. The summed E-state index contributed by atoms with van der Waals surface area (Å²) in [5.74, 6) is -0.402. The van der Waals surface area contributed by atoms with Crippen LogP contribution >= 0.6 is 15.9 Å². The molecule has 0 aliphatic carbocycles. The second-order valence-corrected chi connectivity index (χ2v) is 5.12. The number of rotatable bonds is 9. The topological polar surface area (TPSA) is 76.7 Å². The molecule has 0 aliphatic rings. The van der Waals surface area contributed by atoms with E-state index in [0.29, 0.717) is 13.2 Å². The van der Waals surface area contributed by atoms with Gasteiger partial charge in [-0.15, -0.1) is 0 Å². The van der Waals surface area contributed by atoms with E-state index in [1.54, 1.807) is 19.2 Å². The van der Waals surface area contributed by atoms with Crippen LogP contribution in [0.2, 0.25) is 0 Å². The number of halogens is 1. The highest BCUT2D eigenvalue weighted by atomic mass is 79.9. The van der Waals surface area contributed by atoms with Gasteiger partial charge in [-0.2, -0.15) is 0 Å². The molecule has 6 nitrogen and oxygen atoms in total. The monoisotopic (exact) mass is 358 g/mol. The number of benzene rings is 1. The minimum atomic E-state index is -0.248. The largest absolute Gasteiger partial charge is 0.382 e. The Kier molecular flexibility index (Phi) is 8.65. The first-order valence-corrected chi connectivity index (χ1v) is 7.30. The molecule has 0 saturated heterocycles. The van der Waals surface area contributed by atoms with E-state index >= 15 is 0 Å². The van der Waals surface area contributed by atoms with Crippen molar-refractivity contribution in [3.05, 3.63) is 28.7 Å². The first kappa shape index (κ1) is 17.6. The Morgan fingerprint density at radius 3 is 2.52 bits per heavy atom. The van der Waals surface area contributed by atoms with Gasteiger partial charge in [-0.3, -0.25) is 9.59 Å². The molecule has 116 valence electrons. The van der Waals surface area contributed by atoms with E-state index < -0.39 is 0 Å². The fraction of sp³-hybridized carbons (Fsp3) is 0.429. The van der Waals surface area contributed by atoms with Crippen LogP contribution in [0.1, 0.15) is 6.42 Å². The van der Waals surface area contributed by atoms with E-state index in [9.17, 15) is 9.59 Å². The minimum Gasteiger partial charge on any atom is -0.382 e. The van der Waals surface area contributed by atoms with Gasteiger partial charge in [0.1, 0.15) is 6.61 Å². The number of amides is 2. The van der Waals surface area contributed by atoms with Gasteiger partial charge < -0.3 is 20.1 Å². The van der Waals surface area contributed by atoms with Crippen LogP contribution in [0.5, 0.6) is 0 Å². The van der Waals surface area contributed by atoms with Crippen LogP contribution in [0.25, 0.3) is 0 Å². The molecule has 0 aromatic heterocycles. The molecule has 0 radical (unpaired) electrons. The highest BCUT2D eigenvalue weighted by molar-refractivity contribution is 9.10. The first-order chi connectivity index (χ1) is 10.1. The molecule has 1 aromatic carbocycles. The fourth-order valence-corrected chi connectivity index (χ4v) is 1.69. The summed E-state index contributed by atoms with van der Waals surface area (Å²) in [6.07, 6.45) is 0.208. The molecule has 2 N–H and O–H groups in total. The SMILES string of the molecule is COCCOCC(=O)NCCC(=O)Nc1ccc(Br)cc1. The smallest absolute Gasteiger partial charge is 0.246 e. The van der Waals surface area contributed by atoms with Gasteiger partial charge in [-0.05, 0) is 24.3 Å². The summed E-state index contributed by atoms with van der Waals surface area (Å²) < 4.78 is 10.8. The van der Waals surface area contributed by atoms with Gasteiger partial charge in [-0.1, -0.05) is 15.9 Å². The lowest BCUT2D eigenvalue weighted by Gasteiger charge is -2.07. The van der Waals surface area contributed by atoms with Crippen LogP contribution in [0.3, 0.4) is 0 Å². The van der Waals surface area contributed by atoms with Crippen LogP contribution in [0.15, 0.2) is 28.7 Å². The molecule has 0 saturated carbocycles. The summed E-state index contributed by atoms with van der Waals surface area (Å²) in [6, 6.07) is 7.28. The molecule has 1 rings (SSSR count). The Labute approximate surface area is 132 Å². The molecule has 0 atom stereocenters. The van der Waals surface area contributed by atoms with E-state index in [4.69, 9.17) is 9.47 Å². The molecule has 2 amide bonds. The molecule has 0 fully saturated rings. The van der Waals surface area contributed by atoms with E-state index in [0.717, 1.165) is 10.2 Å². The highest BCUT2D eigenvalue weighted by Crippen LogP contribution is 2.14. The number of anilines is 1. The van der Waals surface area contributed by atoms with Crippen LogP contribution < -0.4 is 10.6 Å². The van der Waals surface area contributed by atoms with E-state index in [-0.39, 0.29) is 31.4 Å². The molecule has 1 aromatic rings. The first-order valence-electron chi connectivity index (χ1n) is 6.50. The number of hydrogen-bond donors (Lipinski definition) is 2. The Balaban J connectivity index is 2.12. The average molecular weight is 359 g/mol. The summed E-state index contributed by atoms with van der Waals surface area (Å²) in [6.45, 7) is 1.06. The lowest BCUT2D eigenvalue weighted by atomic mass is 10.3. The summed E-state index contributed by atoms with van der Waals surface area (Å²) in [5, 5.41) is 5.36. The third-order valence-corrected chi connectivity index (χ3v) is 3.00. The lowest BCUT2D eigenvalue weighted by Crippen LogP contribution is -2.31. The normalized spacial score (nSPS) is 10.2. The molecule has 0 bridgehead atoms. The number of methoxy groups -OCH3 is 1. The van der Waals surface area contributed by atoms with E-state index in [1.807, 2.05) is 12.1 Å². The number of ether oxygens (including phenoxy) is 2. The second kappa shape index (κ2) is 10.3. The van der Waals surface area contributed by atoms with Crippen molar-refractivity contribution in [2.24, 2.45) is 0 Å². The van der Waals surface area contributed by atoms with Crippen molar-refractivity contribution in [3.8, 4) is 0 Å². The molecular formula is C14H19BrN2O4. The lowest BCUT2D eigenvalue weighted by molar-refractivity contribution is -0.126. The Bertz CT molecular complexity index is 451. The van der Waals surface area contributed by atoms with Gasteiger partial charge in [-0.25, -0.2) is 0 Å². The van der Waals surface area contributed by atoms with Crippen LogP contribution in [-0.2, 0) is 19.1 Å². The number of nitrogens with one attached hydrogen (secondary N) is 2. The van der Waals surface area contributed by atoms with E-state index in [2.05, 4.69) is 26.6 Å². The quantitative estimate of drug-likeness (QED) is 0.656. The van der Waals surface area contributed by atoms with Gasteiger partial charge in [0.05, 0.1) is 13.2 Å². The summed E-state index contributed by atoms with van der Waals surface area (Å²) in [7, 11) is 1.56. The van der Waals surface area contributed by atoms with Crippen molar-refractivity contribution < 1.29 is 19.1 Å². The van der Waals surface area contributed by atoms with Gasteiger partial charge in [0, 0.05) is 30.2 Å². The zero-order valence-corrected chi connectivity index (χ0v) is 13.4. The number of carbonyl (C=O) groups excluding carboxylic acids is 2. The van der Waals surface area contributed by atoms with Crippen LogP contribution in [0, 0.1) is 0 Å². The van der Waals surface area contributed by atoms with Crippen LogP contribution in [-0.4, -0.2) is 45.3 Å². The Morgan fingerprint density at radius 1 is 1.14 bits per heavy atom. The van der Waals surface area contributed by atoms with Crippen molar-refractivity contribution in [1.82, 2.24) is 5.32 Å². The molecule has 7 heteroatoms. The molecule has 0 heterocycles. The van der Waals surface area contributed by atoms with Gasteiger partial charge in [0.25, 0.3) is 0 Å². The van der Waals surface area contributed by atoms with Crippen LogP contribution in [0.4, 0.5) is 5.69 Å². The molecule has 0 aliphatic heterocycles. The average Bonchev–Trinajstić information content (AvgIpc) is 2.46. The second-order valence-electron chi connectivity index (χ2n) is 4.20. The molecular weight excluding hydrogens is 340 g/mol. The van der Waals surface area contributed by atoms with Crippen molar-refractivity contribution in [3.63, 3.8) is 0 Å².